The summed E-state index contributed by atoms with van der Waals surface area (Å²) in [6, 6.07) is 19.2. The van der Waals surface area contributed by atoms with Crippen molar-refractivity contribution >= 4 is 17.1 Å². The van der Waals surface area contributed by atoms with Gasteiger partial charge in [-0.05, 0) is 97.5 Å². The van der Waals surface area contributed by atoms with Crippen molar-refractivity contribution in [1.82, 2.24) is 0 Å². The zero-order valence-corrected chi connectivity index (χ0v) is 14.8. The summed E-state index contributed by atoms with van der Waals surface area (Å²) in [5, 5.41) is 3.52. The van der Waals surface area contributed by atoms with E-state index in [2.05, 4.69) is 74.6 Å². The van der Waals surface area contributed by atoms with E-state index in [0.29, 0.717) is 0 Å². The van der Waals surface area contributed by atoms with Crippen LogP contribution in [-0.2, 0) is 0 Å². The normalized spacial score (nSPS) is 10.7. The fraction of sp³-hybridized carbons (Fsp3) is 0.182. The van der Waals surface area contributed by atoms with Crippen molar-refractivity contribution in [3.63, 3.8) is 0 Å². The maximum Gasteiger partial charge on any atom is 0.0414 e. The first-order valence-electron chi connectivity index (χ1n) is 8.25. The Balaban J connectivity index is 1.89. The summed E-state index contributed by atoms with van der Waals surface area (Å²) in [5.74, 6) is 0. The van der Waals surface area contributed by atoms with Crippen molar-refractivity contribution < 1.29 is 0 Å². The second-order valence-corrected chi connectivity index (χ2v) is 6.53. The highest BCUT2D eigenvalue weighted by molar-refractivity contribution is 5.73. The monoisotopic (exact) mass is 316 g/mol. The van der Waals surface area contributed by atoms with Gasteiger partial charge >= 0.3 is 0 Å². The zero-order chi connectivity index (χ0) is 17.3. The predicted octanol–water partition coefficient (Wildman–Crippen LogP) is 5.91. The molecule has 3 N–H and O–H groups in total. The first kappa shape index (κ1) is 16.1. The number of benzene rings is 3. The lowest BCUT2D eigenvalue weighted by atomic mass is 10.00. The Kier molecular flexibility index (Phi) is 4.30. The molecule has 0 unspecified atom stereocenters. The van der Waals surface area contributed by atoms with Crippen molar-refractivity contribution in [2.45, 2.75) is 27.7 Å². The molecule has 0 saturated heterocycles. The molecule has 0 atom stereocenters. The molecule has 3 aromatic rings. The summed E-state index contributed by atoms with van der Waals surface area (Å²) in [4.78, 5) is 0. The van der Waals surface area contributed by atoms with E-state index in [1.807, 2.05) is 13.0 Å². The Hall–Kier alpha value is -2.74. The summed E-state index contributed by atoms with van der Waals surface area (Å²) in [5.41, 5.74) is 16.4. The van der Waals surface area contributed by atoms with E-state index in [-0.39, 0.29) is 0 Å². The first-order chi connectivity index (χ1) is 11.4. The van der Waals surface area contributed by atoms with Crippen molar-refractivity contribution in [2.24, 2.45) is 0 Å². The molecule has 0 aliphatic heterocycles. The Morgan fingerprint density at radius 2 is 1.29 bits per heavy atom. The van der Waals surface area contributed by atoms with Gasteiger partial charge in [-0.25, -0.2) is 0 Å². The highest BCUT2D eigenvalue weighted by atomic mass is 14.9. The summed E-state index contributed by atoms with van der Waals surface area (Å²) in [6.07, 6.45) is 0. The van der Waals surface area contributed by atoms with E-state index < -0.39 is 0 Å². The molecule has 0 aliphatic rings. The molecule has 0 saturated carbocycles. The SMILES string of the molecule is Cc1ccc(Nc2ccc(-c3ccc(N)c(C)c3)cc2C)cc1C. The number of hydrogen-bond acceptors (Lipinski definition) is 2. The summed E-state index contributed by atoms with van der Waals surface area (Å²) < 4.78 is 0. The smallest absolute Gasteiger partial charge is 0.0414 e. The Morgan fingerprint density at radius 1 is 0.625 bits per heavy atom. The average molecular weight is 316 g/mol. The molecular weight excluding hydrogens is 292 g/mol. The number of rotatable bonds is 3. The molecule has 122 valence electrons. The van der Waals surface area contributed by atoms with Crippen LogP contribution < -0.4 is 11.1 Å². The van der Waals surface area contributed by atoms with Gasteiger partial charge in [-0.15, -0.1) is 0 Å². The molecule has 0 aliphatic carbocycles. The van der Waals surface area contributed by atoms with Crippen LogP contribution in [0.2, 0.25) is 0 Å². The minimum Gasteiger partial charge on any atom is -0.399 e. The van der Waals surface area contributed by atoms with Gasteiger partial charge in [0.05, 0.1) is 0 Å². The van der Waals surface area contributed by atoms with Gasteiger partial charge in [0.25, 0.3) is 0 Å². The van der Waals surface area contributed by atoms with Crippen molar-refractivity contribution in [3.8, 4) is 11.1 Å². The standard InChI is InChI=1S/C22H24N2/c1-14-5-8-20(13-15(14)2)24-22-10-7-19(12-17(22)4)18-6-9-21(23)16(3)11-18/h5-13,24H,23H2,1-4H3. The van der Waals surface area contributed by atoms with Crippen LogP contribution in [0.5, 0.6) is 0 Å². The molecule has 0 bridgehead atoms. The van der Waals surface area contributed by atoms with Crippen LogP contribution >= 0.6 is 0 Å². The van der Waals surface area contributed by atoms with Crippen LogP contribution in [0.25, 0.3) is 11.1 Å². The molecule has 24 heavy (non-hydrogen) atoms. The van der Waals surface area contributed by atoms with Gasteiger partial charge in [0.2, 0.25) is 0 Å². The third-order valence-corrected chi connectivity index (χ3v) is 4.62. The molecule has 2 nitrogen and oxygen atoms in total. The van der Waals surface area contributed by atoms with Crippen LogP contribution in [0.4, 0.5) is 17.1 Å². The van der Waals surface area contributed by atoms with Crippen molar-refractivity contribution in [2.75, 3.05) is 11.1 Å². The minimum atomic E-state index is 0.837. The van der Waals surface area contributed by atoms with E-state index in [1.54, 1.807) is 0 Å². The van der Waals surface area contributed by atoms with Gasteiger partial charge in [0.15, 0.2) is 0 Å². The highest BCUT2D eigenvalue weighted by Crippen LogP contribution is 2.29. The lowest BCUT2D eigenvalue weighted by Gasteiger charge is -2.13. The molecule has 0 aromatic heterocycles. The van der Waals surface area contributed by atoms with Crippen molar-refractivity contribution in [3.05, 3.63) is 76.9 Å². The quantitative estimate of drug-likeness (QED) is 0.589. The fourth-order valence-corrected chi connectivity index (χ4v) is 2.81. The van der Waals surface area contributed by atoms with Crippen molar-refractivity contribution in [1.29, 1.82) is 0 Å². The van der Waals surface area contributed by atoms with E-state index in [0.717, 1.165) is 22.6 Å². The molecule has 2 heteroatoms. The average Bonchev–Trinajstić information content (AvgIpc) is 2.55. The van der Waals surface area contributed by atoms with Crippen LogP contribution in [0.15, 0.2) is 54.6 Å². The molecule has 0 radical (unpaired) electrons. The van der Waals surface area contributed by atoms with Crippen LogP contribution in [0.1, 0.15) is 22.3 Å². The summed E-state index contributed by atoms with van der Waals surface area (Å²) >= 11 is 0. The van der Waals surface area contributed by atoms with Crippen LogP contribution in [0.3, 0.4) is 0 Å². The molecule has 0 heterocycles. The minimum absolute atomic E-state index is 0.837. The summed E-state index contributed by atoms with van der Waals surface area (Å²) in [6.45, 7) is 8.45. The second kappa shape index (κ2) is 6.40. The predicted molar refractivity (Wildman–Crippen MR) is 105 cm³/mol. The van der Waals surface area contributed by atoms with Gasteiger partial charge in [-0.3, -0.25) is 0 Å². The molecule has 3 rings (SSSR count). The fourth-order valence-electron chi connectivity index (χ4n) is 2.81. The maximum atomic E-state index is 5.92. The number of hydrogen-bond donors (Lipinski definition) is 2. The Labute approximate surface area is 144 Å². The lowest BCUT2D eigenvalue weighted by molar-refractivity contribution is 1.33. The summed E-state index contributed by atoms with van der Waals surface area (Å²) in [7, 11) is 0. The molecule has 0 amide bonds. The zero-order valence-electron chi connectivity index (χ0n) is 14.8. The highest BCUT2D eigenvalue weighted by Gasteiger charge is 2.05. The Morgan fingerprint density at radius 3 is 1.92 bits per heavy atom. The maximum absolute atomic E-state index is 5.92. The lowest BCUT2D eigenvalue weighted by Crippen LogP contribution is -1.95. The van der Waals surface area contributed by atoms with Gasteiger partial charge in [0.1, 0.15) is 0 Å². The number of anilines is 3. The van der Waals surface area contributed by atoms with Gasteiger partial charge in [-0.1, -0.05) is 18.2 Å². The number of nitrogens with one attached hydrogen (secondary N) is 1. The van der Waals surface area contributed by atoms with Gasteiger partial charge in [0, 0.05) is 17.1 Å². The first-order valence-corrected chi connectivity index (χ1v) is 8.25. The van der Waals surface area contributed by atoms with E-state index in [9.17, 15) is 0 Å². The van der Waals surface area contributed by atoms with E-state index in [4.69, 9.17) is 5.73 Å². The topological polar surface area (TPSA) is 38.0 Å². The third kappa shape index (κ3) is 3.28. The molecule has 0 spiro atoms. The van der Waals surface area contributed by atoms with Gasteiger partial charge < -0.3 is 11.1 Å². The third-order valence-electron chi connectivity index (χ3n) is 4.62. The van der Waals surface area contributed by atoms with E-state index >= 15 is 0 Å². The van der Waals surface area contributed by atoms with Crippen LogP contribution in [-0.4, -0.2) is 0 Å². The Bertz CT molecular complexity index is 894. The number of nitrogens with two attached hydrogens (primary N) is 1. The second-order valence-electron chi connectivity index (χ2n) is 6.53. The molecule has 0 fully saturated rings. The van der Waals surface area contributed by atoms with Gasteiger partial charge in [-0.2, -0.15) is 0 Å². The molecule has 3 aromatic carbocycles. The largest absolute Gasteiger partial charge is 0.399 e. The van der Waals surface area contributed by atoms with E-state index in [1.165, 1.54) is 27.8 Å². The molecular formula is C22H24N2. The van der Waals surface area contributed by atoms with Crippen LogP contribution in [0, 0.1) is 27.7 Å². The number of nitrogen functional groups attached to an aromatic ring is 1. The number of aryl methyl sites for hydroxylation is 4.